The van der Waals surface area contributed by atoms with Crippen LogP contribution < -0.4 is 5.32 Å². The predicted octanol–water partition coefficient (Wildman–Crippen LogP) is 3.51. The maximum Gasteiger partial charge on any atom is 0.256 e. The van der Waals surface area contributed by atoms with Crippen LogP contribution in [0.5, 0.6) is 0 Å². The van der Waals surface area contributed by atoms with E-state index in [1.54, 1.807) is 18.2 Å². The Bertz CT molecular complexity index is 683. The first-order valence-corrected chi connectivity index (χ1v) is 5.57. The molecule has 3 nitrogen and oxygen atoms in total. The molecule has 18 heavy (non-hydrogen) atoms. The summed E-state index contributed by atoms with van der Waals surface area (Å²) in [5, 5.41) is 2.92. The van der Waals surface area contributed by atoms with E-state index in [9.17, 15) is 4.39 Å². The van der Waals surface area contributed by atoms with E-state index in [2.05, 4.69) is 15.3 Å². The minimum Gasteiger partial charge on any atom is -0.336 e. The molecule has 3 rings (SSSR count). The summed E-state index contributed by atoms with van der Waals surface area (Å²) in [7, 11) is 0. The van der Waals surface area contributed by atoms with Crippen LogP contribution in [0.4, 0.5) is 15.9 Å². The van der Waals surface area contributed by atoms with Gasteiger partial charge in [0, 0.05) is 5.69 Å². The van der Waals surface area contributed by atoms with Gasteiger partial charge in [-0.15, -0.1) is 0 Å². The van der Waals surface area contributed by atoms with Gasteiger partial charge < -0.3 is 5.32 Å². The van der Waals surface area contributed by atoms with Gasteiger partial charge in [0.2, 0.25) is 0 Å². The number of halogens is 1. The van der Waals surface area contributed by atoms with Crippen LogP contribution in [0, 0.1) is 5.95 Å². The summed E-state index contributed by atoms with van der Waals surface area (Å²) in [5.41, 5.74) is 1.99. The summed E-state index contributed by atoms with van der Waals surface area (Å²) in [6.07, 6.45) is 0. The number of anilines is 2. The molecule has 0 fully saturated rings. The van der Waals surface area contributed by atoms with Gasteiger partial charge in [-0.25, -0.2) is 9.97 Å². The van der Waals surface area contributed by atoms with Crippen molar-refractivity contribution in [3.63, 3.8) is 0 Å². The molecular weight excluding hydrogens is 229 g/mol. The number of para-hydroxylation sites is 3. The second-order valence-corrected chi connectivity index (χ2v) is 3.84. The van der Waals surface area contributed by atoms with Crippen LogP contribution in [0.25, 0.3) is 11.0 Å². The normalized spacial score (nSPS) is 10.5. The largest absolute Gasteiger partial charge is 0.336 e. The molecule has 1 heterocycles. The summed E-state index contributed by atoms with van der Waals surface area (Å²) >= 11 is 0. The number of hydrogen-bond donors (Lipinski definition) is 1. The van der Waals surface area contributed by atoms with Gasteiger partial charge in [0.25, 0.3) is 5.95 Å². The Kier molecular flexibility index (Phi) is 2.61. The highest BCUT2D eigenvalue weighted by atomic mass is 19.1. The Morgan fingerprint density at radius 1 is 0.778 bits per heavy atom. The third-order valence-corrected chi connectivity index (χ3v) is 2.56. The lowest BCUT2D eigenvalue weighted by molar-refractivity contribution is 0.588. The standard InChI is InChI=1S/C14H10FN3/c15-13-14(16-10-6-2-1-3-7-10)18-12-9-5-4-8-11(12)17-13/h1-9H,(H,16,18). The minimum absolute atomic E-state index is 0.139. The van der Waals surface area contributed by atoms with Crippen LogP contribution in [0.1, 0.15) is 0 Å². The highest BCUT2D eigenvalue weighted by molar-refractivity contribution is 5.76. The number of rotatable bonds is 2. The number of benzene rings is 2. The first-order valence-electron chi connectivity index (χ1n) is 5.57. The lowest BCUT2D eigenvalue weighted by Gasteiger charge is -2.06. The van der Waals surface area contributed by atoms with Crippen molar-refractivity contribution in [2.45, 2.75) is 0 Å². The van der Waals surface area contributed by atoms with Crippen molar-refractivity contribution in [3.05, 3.63) is 60.5 Å². The van der Waals surface area contributed by atoms with Gasteiger partial charge in [0.1, 0.15) is 0 Å². The predicted molar refractivity (Wildman–Crippen MR) is 69.2 cm³/mol. The van der Waals surface area contributed by atoms with E-state index in [0.717, 1.165) is 5.69 Å². The number of hydrogen-bond acceptors (Lipinski definition) is 3. The Morgan fingerprint density at radius 3 is 2.11 bits per heavy atom. The average molecular weight is 239 g/mol. The summed E-state index contributed by atoms with van der Waals surface area (Å²) in [5.74, 6) is -0.461. The zero-order valence-electron chi connectivity index (χ0n) is 9.47. The van der Waals surface area contributed by atoms with Crippen LogP contribution in [0.3, 0.4) is 0 Å². The van der Waals surface area contributed by atoms with Gasteiger partial charge >= 0.3 is 0 Å². The number of aromatic nitrogens is 2. The van der Waals surface area contributed by atoms with Crippen molar-refractivity contribution in [1.82, 2.24) is 9.97 Å². The Hall–Kier alpha value is -2.49. The molecule has 2 aromatic carbocycles. The van der Waals surface area contributed by atoms with Crippen LogP contribution in [0.2, 0.25) is 0 Å². The van der Waals surface area contributed by atoms with Gasteiger partial charge in [-0.1, -0.05) is 30.3 Å². The molecule has 0 radical (unpaired) electrons. The fourth-order valence-electron chi connectivity index (χ4n) is 1.72. The Labute approximate surface area is 103 Å². The van der Waals surface area contributed by atoms with Crippen molar-refractivity contribution in [1.29, 1.82) is 0 Å². The number of fused-ring (bicyclic) bond motifs is 1. The zero-order valence-corrected chi connectivity index (χ0v) is 9.47. The van der Waals surface area contributed by atoms with E-state index in [0.29, 0.717) is 11.0 Å². The molecule has 0 aliphatic carbocycles. The zero-order chi connectivity index (χ0) is 12.4. The molecule has 0 unspecified atom stereocenters. The highest BCUT2D eigenvalue weighted by Gasteiger charge is 2.07. The summed E-state index contributed by atoms with van der Waals surface area (Å²) < 4.78 is 13.8. The molecule has 3 aromatic rings. The second kappa shape index (κ2) is 4.41. The van der Waals surface area contributed by atoms with Gasteiger partial charge in [-0.2, -0.15) is 4.39 Å². The SMILES string of the molecule is Fc1nc2ccccc2nc1Nc1ccccc1. The molecule has 88 valence electrons. The maximum absolute atomic E-state index is 13.8. The van der Waals surface area contributed by atoms with Crippen molar-refractivity contribution < 1.29 is 4.39 Å². The molecule has 0 amide bonds. The molecule has 0 aliphatic rings. The lowest BCUT2D eigenvalue weighted by Crippen LogP contribution is -2.00. The molecule has 1 N–H and O–H groups in total. The van der Waals surface area contributed by atoms with Gasteiger partial charge in [0.05, 0.1) is 11.0 Å². The maximum atomic E-state index is 13.8. The third-order valence-electron chi connectivity index (χ3n) is 2.56. The smallest absolute Gasteiger partial charge is 0.256 e. The Morgan fingerprint density at radius 2 is 1.39 bits per heavy atom. The van der Waals surface area contributed by atoms with Crippen molar-refractivity contribution >= 4 is 22.5 Å². The summed E-state index contributed by atoms with van der Waals surface area (Å²) in [4.78, 5) is 8.10. The van der Waals surface area contributed by atoms with E-state index in [4.69, 9.17) is 0 Å². The quantitative estimate of drug-likeness (QED) is 0.743. The topological polar surface area (TPSA) is 37.8 Å². The van der Waals surface area contributed by atoms with Crippen LogP contribution in [0.15, 0.2) is 54.6 Å². The monoisotopic (exact) mass is 239 g/mol. The fraction of sp³-hybridized carbons (Fsp3) is 0. The van der Waals surface area contributed by atoms with Crippen molar-refractivity contribution in [3.8, 4) is 0 Å². The number of nitrogens with one attached hydrogen (secondary N) is 1. The third kappa shape index (κ3) is 2.00. The molecule has 1 aromatic heterocycles. The van der Waals surface area contributed by atoms with E-state index >= 15 is 0 Å². The molecule has 4 heteroatoms. The summed E-state index contributed by atoms with van der Waals surface area (Å²) in [6.45, 7) is 0. The first kappa shape index (κ1) is 10.7. The molecule has 0 aliphatic heterocycles. The molecule has 0 bridgehead atoms. The van der Waals surface area contributed by atoms with Gasteiger partial charge in [-0.3, -0.25) is 0 Å². The lowest BCUT2D eigenvalue weighted by atomic mass is 10.3. The van der Waals surface area contributed by atoms with Crippen molar-refractivity contribution in [2.24, 2.45) is 0 Å². The number of nitrogens with zero attached hydrogens (tertiary/aromatic N) is 2. The minimum atomic E-state index is -0.599. The van der Waals surface area contributed by atoms with Gasteiger partial charge in [-0.05, 0) is 24.3 Å². The summed E-state index contributed by atoms with van der Waals surface area (Å²) in [6, 6.07) is 16.5. The average Bonchev–Trinajstić information content (AvgIpc) is 2.41. The second-order valence-electron chi connectivity index (χ2n) is 3.84. The van der Waals surface area contributed by atoms with Crippen LogP contribution in [-0.2, 0) is 0 Å². The fourth-order valence-corrected chi connectivity index (χ4v) is 1.72. The van der Waals surface area contributed by atoms with Crippen molar-refractivity contribution in [2.75, 3.05) is 5.32 Å². The van der Waals surface area contributed by atoms with E-state index in [-0.39, 0.29) is 5.82 Å². The molecule has 0 saturated heterocycles. The first-order chi connectivity index (χ1) is 8.83. The van der Waals surface area contributed by atoms with E-state index < -0.39 is 5.95 Å². The van der Waals surface area contributed by atoms with Crippen LogP contribution in [-0.4, -0.2) is 9.97 Å². The highest BCUT2D eigenvalue weighted by Crippen LogP contribution is 2.19. The molecule has 0 atom stereocenters. The van der Waals surface area contributed by atoms with Crippen LogP contribution >= 0.6 is 0 Å². The molecule has 0 spiro atoms. The Balaban J connectivity index is 2.04. The van der Waals surface area contributed by atoms with E-state index in [1.807, 2.05) is 36.4 Å². The van der Waals surface area contributed by atoms with E-state index in [1.165, 1.54) is 0 Å². The molecular formula is C14H10FN3. The van der Waals surface area contributed by atoms with Gasteiger partial charge in [0.15, 0.2) is 5.82 Å². The molecule has 0 saturated carbocycles.